The van der Waals surface area contributed by atoms with Crippen molar-refractivity contribution in [1.82, 2.24) is 15.1 Å². The van der Waals surface area contributed by atoms with Gasteiger partial charge in [0, 0.05) is 48.2 Å². The molecule has 1 N–H and O–H groups in total. The van der Waals surface area contributed by atoms with Crippen molar-refractivity contribution in [2.45, 2.75) is 12.8 Å². The van der Waals surface area contributed by atoms with Crippen molar-refractivity contribution in [1.29, 1.82) is 0 Å². The lowest BCUT2D eigenvalue weighted by molar-refractivity contribution is -0.122. The van der Waals surface area contributed by atoms with Crippen molar-refractivity contribution in [3.05, 3.63) is 57.2 Å². The highest BCUT2D eigenvalue weighted by atomic mass is 35.5. The maximum atomic E-state index is 12.7. The fourth-order valence-corrected chi connectivity index (χ4v) is 4.07. The molecule has 0 spiro atoms. The van der Waals surface area contributed by atoms with Gasteiger partial charge in [-0.2, -0.15) is 0 Å². The van der Waals surface area contributed by atoms with Crippen LogP contribution in [0.1, 0.15) is 21.7 Å². The minimum atomic E-state index is -0.000232. The first-order valence-electron chi connectivity index (χ1n) is 9.18. The monoisotopic (exact) mass is 405 g/mol. The van der Waals surface area contributed by atoms with Gasteiger partial charge in [-0.25, -0.2) is 0 Å². The molecule has 1 aromatic heterocycles. The van der Waals surface area contributed by atoms with Gasteiger partial charge in [0.2, 0.25) is 5.91 Å². The summed E-state index contributed by atoms with van der Waals surface area (Å²) < 4.78 is 0. The highest BCUT2D eigenvalue weighted by molar-refractivity contribution is 7.09. The molecule has 0 saturated carbocycles. The molecule has 2 heterocycles. The Balaban J connectivity index is 1.43. The third kappa shape index (κ3) is 6.06. The minimum Gasteiger partial charge on any atom is -0.355 e. The average Bonchev–Trinajstić information content (AvgIpc) is 3.06. The van der Waals surface area contributed by atoms with E-state index >= 15 is 0 Å². The third-order valence-electron chi connectivity index (χ3n) is 4.59. The van der Waals surface area contributed by atoms with Crippen LogP contribution >= 0.6 is 22.9 Å². The standard InChI is InChI=1S/C20H24ClN3O2S/c21-17-5-1-4-16(14-17)20(26)24-10-3-9-23(11-12-24)15-19(25)22-8-7-18-6-2-13-27-18/h1-2,4-6,13-14H,3,7-12,15H2,(H,22,25). The summed E-state index contributed by atoms with van der Waals surface area (Å²) in [5.74, 6) is 0.0425. The van der Waals surface area contributed by atoms with Gasteiger partial charge in [-0.05, 0) is 42.5 Å². The smallest absolute Gasteiger partial charge is 0.253 e. The normalized spacial score (nSPS) is 15.4. The molecule has 0 aliphatic carbocycles. The second-order valence-corrected chi connectivity index (χ2v) is 8.08. The Hall–Kier alpha value is -1.89. The van der Waals surface area contributed by atoms with Crippen molar-refractivity contribution in [2.75, 3.05) is 39.3 Å². The molecule has 1 aliphatic rings. The topological polar surface area (TPSA) is 52.7 Å². The number of halogens is 1. The third-order valence-corrected chi connectivity index (χ3v) is 5.76. The summed E-state index contributed by atoms with van der Waals surface area (Å²) in [7, 11) is 0. The lowest BCUT2D eigenvalue weighted by Crippen LogP contribution is -2.40. The summed E-state index contributed by atoms with van der Waals surface area (Å²) in [4.78, 5) is 30.1. The van der Waals surface area contributed by atoms with Gasteiger partial charge in [-0.1, -0.05) is 23.7 Å². The number of thiophene rings is 1. The first-order chi connectivity index (χ1) is 13.1. The van der Waals surface area contributed by atoms with E-state index in [9.17, 15) is 9.59 Å². The Morgan fingerprint density at radius 1 is 1.11 bits per heavy atom. The summed E-state index contributed by atoms with van der Waals surface area (Å²) in [6, 6.07) is 11.2. The molecule has 0 radical (unpaired) electrons. The fourth-order valence-electron chi connectivity index (χ4n) is 3.18. The Labute approximate surface area is 168 Å². The number of nitrogens with one attached hydrogen (secondary N) is 1. The van der Waals surface area contributed by atoms with Crippen LogP contribution in [-0.4, -0.2) is 60.9 Å². The molecule has 7 heteroatoms. The molecule has 27 heavy (non-hydrogen) atoms. The molecule has 1 fully saturated rings. The van der Waals surface area contributed by atoms with E-state index in [4.69, 9.17) is 11.6 Å². The van der Waals surface area contributed by atoms with Crippen LogP contribution in [0.3, 0.4) is 0 Å². The molecule has 1 aliphatic heterocycles. The van der Waals surface area contributed by atoms with E-state index in [1.54, 1.807) is 35.6 Å². The highest BCUT2D eigenvalue weighted by Crippen LogP contribution is 2.14. The SMILES string of the molecule is O=C(CN1CCCN(C(=O)c2cccc(Cl)c2)CC1)NCCc1cccs1. The van der Waals surface area contributed by atoms with Gasteiger partial charge >= 0.3 is 0 Å². The highest BCUT2D eigenvalue weighted by Gasteiger charge is 2.21. The summed E-state index contributed by atoms with van der Waals surface area (Å²) in [6.45, 7) is 3.87. The summed E-state index contributed by atoms with van der Waals surface area (Å²) in [5, 5.41) is 5.60. The van der Waals surface area contributed by atoms with E-state index in [1.807, 2.05) is 16.3 Å². The Morgan fingerprint density at radius 2 is 2.00 bits per heavy atom. The van der Waals surface area contributed by atoms with Crippen molar-refractivity contribution in [3.63, 3.8) is 0 Å². The van der Waals surface area contributed by atoms with E-state index in [0.717, 1.165) is 19.4 Å². The lowest BCUT2D eigenvalue weighted by Gasteiger charge is -2.22. The average molecular weight is 406 g/mol. The Kier molecular flexibility index (Phi) is 7.26. The van der Waals surface area contributed by atoms with Crippen LogP contribution in [0.5, 0.6) is 0 Å². The van der Waals surface area contributed by atoms with E-state index in [-0.39, 0.29) is 11.8 Å². The zero-order valence-corrected chi connectivity index (χ0v) is 16.8. The van der Waals surface area contributed by atoms with Crippen molar-refractivity contribution in [2.24, 2.45) is 0 Å². The zero-order valence-electron chi connectivity index (χ0n) is 15.2. The number of rotatable bonds is 6. The molecule has 0 atom stereocenters. The molecule has 3 rings (SSSR count). The first kappa shape index (κ1) is 19.9. The molecule has 0 bridgehead atoms. The van der Waals surface area contributed by atoms with E-state index in [2.05, 4.69) is 16.3 Å². The number of carbonyl (C=O) groups is 2. The van der Waals surface area contributed by atoms with Gasteiger partial charge in [-0.15, -0.1) is 11.3 Å². The van der Waals surface area contributed by atoms with Crippen LogP contribution in [0.4, 0.5) is 0 Å². The van der Waals surface area contributed by atoms with Crippen molar-refractivity contribution < 1.29 is 9.59 Å². The summed E-state index contributed by atoms with van der Waals surface area (Å²) in [6.07, 6.45) is 1.72. The van der Waals surface area contributed by atoms with Crippen molar-refractivity contribution >= 4 is 34.8 Å². The first-order valence-corrected chi connectivity index (χ1v) is 10.4. The predicted octanol–water partition coefficient (Wildman–Crippen LogP) is 2.91. The maximum Gasteiger partial charge on any atom is 0.253 e. The molecule has 5 nitrogen and oxygen atoms in total. The number of hydrogen-bond donors (Lipinski definition) is 1. The van der Waals surface area contributed by atoms with Gasteiger partial charge in [0.15, 0.2) is 0 Å². The van der Waals surface area contributed by atoms with Crippen LogP contribution in [0.15, 0.2) is 41.8 Å². The predicted molar refractivity (Wildman–Crippen MR) is 109 cm³/mol. The number of hydrogen-bond acceptors (Lipinski definition) is 4. The second-order valence-electron chi connectivity index (χ2n) is 6.61. The van der Waals surface area contributed by atoms with Gasteiger partial charge in [0.1, 0.15) is 0 Å². The molecule has 1 aromatic carbocycles. The van der Waals surface area contributed by atoms with E-state index in [1.165, 1.54) is 4.88 Å². The summed E-state index contributed by atoms with van der Waals surface area (Å²) in [5.41, 5.74) is 0.613. The molecular formula is C20H24ClN3O2S. The maximum absolute atomic E-state index is 12.7. The molecule has 2 amide bonds. The van der Waals surface area contributed by atoms with Crippen LogP contribution in [-0.2, 0) is 11.2 Å². The molecule has 2 aromatic rings. The fraction of sp³-hybridized carbons (Fsp3) is 0.400. The van der Waals surface area contributed by atoms with Crippen LogP contribution < -0.4 is 5.32 Å². The second kappa shape index (κ2) is 9.88. The van der Waals surface area contributed by atoms with Crippen molar-refractivity contribution in [3.8, 4) is 0 Å². The van der Waals surface area contributed by atoms with Gasteiger partial charge in [0.25, 0.3) is 5.91 Å². The summed E-state index contributed by atoms with van der Waals surface area (Å²) >= 11 is 7.70. The number of nitrogens with zero attached hydrogens (tertiary/aromatic N) is 2. The Bertz CT molecular complexity index is 766. The molecule has 0 unspecified atom stereocenters. The molecule has 1 saturated heterocycles. The number of carbonyl (C=O) groups excluding carboxylic acids is 2. The lowest BCUT2D eigenvalue weighted by atomic mass is 10.2. The van der Waals surface area contributed by atoms with Gasteiger partial charge < -0.3 is 10.2 Å². The van der Waals surface area contributed by atoms with Gasteiger partial charge in [-0.3, -0.25) is 14.5 Å². The minimum absolute atomic E-state index is 0.000232. The van der Waals surface area contributed by atoms with Crippen LogP contribution in [0.2, 0.25) is 5.02 Å². The van der Waals surface area contributed by atoms with E-state index < -0.39 is 0 Å². The van der Waals surface area contributed by atoms with Crippen LogP contribution in [0, 0.1) is 0 Å². The number of benzene rings is 1. The zero-order chi connectivity index (χ0) is 19.1. The van der Waals surface area contributed by atoms with Crippen LogP contribution in [0.25, 0.3) is 0 Å². The van der Waals surface area contributed by atoms with E-state index in [0.29, 0.717) is 43.3 Å². The number of amides is 2. The Morgan fingerprint density at radius 3 is 2.78 bits per heavy atom. The molecular weight excluding hydrogens is 382 g/mol. The van der Waals surface area contributed by atoms with Gasteiger partial charge in [0.05, 0.1) is 6.54 Å². The quantitative estimate of drug-likeness (QED) is 0.803. The largest absolute Gasteiger partial charge is 0.355 e. The molecule has 144 valence electrons.